The van der Waals surface area contributed by atoms with Gasteiger partial charge in [0.1, 0.15) is 5.82 Å². The molecule has 2 heterocycles. The molecule has 3 rings (SSSR count). The highest BCUT2D eigenvalue weighted by molar-refractivity contribution is 5.70. The van der Waals surface area contributed by atoms with Gasteiger partial charge in [-0.3, -0.25) is 14.3 Å². The molecule has 7 nitrogen and oxygen atoms in total. The Labute approximate surface area is 145 Å². The molecule has 1 aromatic carbocycles. The molecule has 0 aliphatic rings. The van der Waals surface area contributed by atoms with Gasteiger partial charge in [0.05, 0.1) is 6.54 Å². The van der Waals surface area contributed by atoms with Crippen LogP contribution in [-0.2, 0) is 20.6 Å². The summed E-state index contributed by atoms with van der Waals surface area (Å²) in [5, 5.41) is 0. The van der Waals surface area contributed by atoms with Gasteiger partial charge in [0, 0.05) is 26.3 Å². The quantitative estimate of drug-likeness (QED) is 0.782. The molecule has 0 saturated heterocycles. The van der Waals surface area contributed by atoms with Gasteiger partial charge in [0.15, 0.2) is 11.2 Å². The van der Waals surface area contributed by atoms with Gasteiger partial charge in [0.2, 0.25) is 0 Å². The van der Waals surface area contributed by atoms with E-state index < -0.39 is 11.2 Å². The number of imidazole rings is 1. The van der Waals surface area contributed by atoms with Gasteiger partial charge in [-0.25, -0.2) is 9.78 Å². The van der Waals surface area contributed by atoms with E-state index in [0.29, 0.717) is 17.7 Å². The first kappa shape index (κ1) is 17.0. The maximum atomic E-state index is 12.2. The zero-order valence-corrected chi connectivity index (χ0v) is 15.3. The third-order valence-electron chi connectivity index (χ3n) is 4.63. The molecule has 2 aromatic heterocycles. The molecule has 1 N–H and O–H groups in total. The van der Waals surface area contributed by atoms with Crippen LogP contribution in [0.5, 0.6) is 0 Å². The summed E-state index contributed by atoms with van der Waals surface area (Å²) in [5.74, 6) is 0.739. The minimum absolute atomic E-state index is 0.405. The molecule has 0 saturated carbocycles. The van der Waals surface area contributed by atoms with Crippen molar-refractivity contribution in [2.45, 2.75) is 27.3 Å². The van der Waals surface area contributed by atoms with E-state index in [0.717, 1.165) is 18.1 Å². The number of anilines is 1. The second-order valence-corrected chi connectivity index (χ2v) is 6.38. The Balaban J connectivity index is 2.09. The number of rotatable bonds is 4. The number of aromatic nitrogens is 4. The van der Waals surface area contributed by atoms with Crippen molar-refractivity contribution in [3.8, 4) is 0 Å². The van der Waals surface area contributed by atoms with Gasteiger partial charge in [-0.05, 0) is 32.4 Å². The maximum absolute atomic E-state index is 12.2. The Morgan fingerprint density at radius 2 is 1.88 bits per heavy atom. The second kappa shape index (κ2) is 6.23. The van der Waals surface area contributed by atoms with Crippen molar-refractivity contribution in [2.75, 3.05) is 11.4 Å². The Hall–Kier alpha value is -2.83. The predicted octanol–water partition coefficient (Wildman–Crippen LogP) is 1.60. The summed E-state index contributed by atoms with van der Waals surface area (Å²) >= 11 is 0. The number of aryl methyl sites for hydroxylation is 4. The molecule has 0 amide bonds. The zero-order valence-electron chi connectivity index (χ0n) is 15.3. The van der Waals surface area contributed by atoms with Crippen molar-refractivity contribution >= 4 is 16.9 Å². The fourth-order valence-corrected chi connectivity index (χ4v) is 3.19. The Bertz CT molecular complexity index is 1060. The highest BCUT2D eigenvalue weighted by Gasteiger charge is 2.17. The van der Waals surface area contributed by atoms with Gasteiger partial charge in [-0.1, -0.05) is 17.7 Å². The number of hydrogen-bond acceptors (Lipinski definition) is 4. The van der Waals surface area contributed by atoms with Crippen LogP contribution in [0.2, 0.25) is 0 Å². The van der Waals surface area contributed by atoms with E-state index in [1.54, 1.807) is 18.7 Å². The van der Waals surface area contributed by atoms with Gasteiger partial charge < -0.3 is 9.47 Å². The first-order chi connectivity index (χ1) is 11.8. The number of H-pyrrole nitrogens is 1. The lowest BCUT2D eigenvalue weighted by Crippen LogP contribution is -2.29. The number of nitrogens with one attached hydrogen (secondary N) is 1. The highest BCUT2D eigenvalue weighted by Crippen LogP contribution is 2.23. The average molecular weight is 341 g/mol. The Kier molecular flexibility index (Phi) is 4.24. The van der Waals surface area contributed by atoms with Gasteiger partial charge in [-0.2, -0.15) is 0 Å². The summed E-state index contributed by atoms with van der Waals surface area (Å²) in [6, 6.07) is 6.36. The van der Waals surface area contributed by atoms with E-state index in [4.69, 9.17) is 0 Å². The van der Waals surface area contributed by atoms with Crippen LogP contribution in [0, 0.1) is 13.8 Å². The molecule has 7 heteroatoms. The molecule has 0 bridgehead atoms. The highest BCUT2D eigenvalue weighted by atomic mass is 16.2. The lowest BCUT2D eigenvalue weighted by atomic mass is 10.1. The van der Waals surface area contributed by atoms with E-state index in [2.05, 4.69) is 53.8 Å². The lowest BCUT2D eigenvalue weighted by Gasteiger charge is -2.24. The van der Waals surface area contributed by atoms with Crippen molar-refractivity contribution in [3.63, 3.8) is 0 Å². The first-order valence-corrected chi connectivity index (χ1v) is 8.30. The van der Waals surface area contributed by atoms with Crippen molar-refractivity contribution < 1.29 is 0 Å². The number of aromatic amines is 1. The van der Waals surface area contributed by atoms with Crippen LogP contribution < -0.4 is 16.1 Å². The van der Waals surface area contributed by atoms with Crippen molar-refractivity contribution in [2.24, 2.45) is 14.1 Å². The normalized spacial score (nSPS) is 11.2. The topological polar surface area (TPSA) is 75.9 Å². The van der Waals surface area contributed by atoms with Crippen molar-refractivity contribution in [1.29, 1.82) is 0 Å². The smallest absolute Gasteiger partial charge is 0.329 e. The largest absolute Gasteiger partial charge is 0.364 e. The fourth-order valence-electron chi connectivity index (χ4n) is 3.19. The van der Waals surface area contributed by atoms with E-state index in [9.17, 15) is 9.59 Å². The number of nitrogens with zero attached hydrogens (tertiary/aromatic N) is 4. The molecule has 132 valence electrons. The number of benzene rings is 1. The van der Waals surface area contributed by atoms with Crippen LogP contribution in [0.15, 0.2) is 27.8 Å². The van der Waals surface area contributed by atoms with E-state index in [-0.39, 0.29) is 0 Å². The Morgan fingerprint density at radius 1 is 1.16 bits per heavy atom. The molecule has 0 spiro atoms. The summed E-state index contributed by atoms with van der Waals surface area (Å²) < 4.78 is 3.13. The van der Waals surface area contributed by atoms with Crippen LogP contribution in [0.4, 0.5) is 5.69 Å². The summed E-state index contributed by atoms with van der Waals surface area (Å²) in [5.41, 5.74) is 3.52. The standard InChI is InChI=1S/C18H23N5O2/c1-6-23(13-8-7-11(2)9-12(13)3)10-14-19-16-15(21(14)4)17(24)20-18(25)22(16)5/h7-9H,6,10H2,1-5H3,(H,20,24,25). The average Bonchev–Trinajstić information content (AvgIpc) is 2.88. The summed E-state index contributed by atoms with van der Waals surface area (Å²) in [6.07, 6.45) is 0. The maximum Gasteiger partial charge on any atom is 0.329 e. The van der Waals surface area contributed by atoms with Gasteiger partial charge in [-0.15, -0.1) is 0 Å². The molecule has 0 radical (unpaired) electrons. The molecular formula is C18H23N5O2. The molecule has 0 aliphatic carbocycles. The lowest BCUT2D eigenvalue weighted by molar-refractivity contribution is 0.737. The molecule has 0 unspecified atom stereocenters. The van der Waals surface area contributed by atoms with Crippen molar-refractivity contribution in [1.82, 2.24) is 19.1 Å². The molecule has 3 aromatic rings. The first-order valence-electron chi connectivity index (χ1n) is 8.30. The van der Waals surface area contributed by atoms with E-state index in [1.165, 1.54) is 15.7 Å². The second-order valence-electron chi connectivity index (χ2n) is 6.38. The van der Waals surface area contributed by atoms with Crippen molar-refractivity contribution in [3.05, 3.63) is 56.0 Å². The fraction of sp³-hybridized carbons (Fsp3) is 0.389. The molecule has 0 atom stereocenters. The van der Waals surface area contributed by atoms with Crippen LogP contribution in [0.1, 0.15) is 23.9 Å². The number of hydrogen-bond donors (Lipinski definition) is 1. The van der Waals surface area contributed by atoms with Crippen LogP contribution >= 0.6 is 0 Å². The minimum Gasteiger partial charge on any atom is -0.364 e. The van der Waals surface area contributed by atoms with E-state index in [1.807, 2.05) is 0 Å². The summed E-state index contributed by atoms with van der Waals surface area (Å²) in [7, 11) is 3.42. The molecule has 0 aliphatic heterocycles. The van der Waals surface area contributed by atoms with E-state index >= 15 is 0 Å². The molecule has 0 fully saturated rings. The monoisotopic (exact) mass is 341 g/mol. The number of fused-ring (bicyclic) bond motifs is 1. The van der Waals surface area contributed by atoms with Crippen LogP contribution in [0.25, 0.3) is 11.2 Å². The predicted molar refractivity (Wildman–Crippen MR) is 99.2 cm³/mol. The SMILES string of the molecule is CCN(Cc1nc2c(c(=O)[nH]c(=O)n2C)n1C)c1ccc(C)cc1C. The third-order valence-corrected chi connectivity index (χ3v) is 4.63. The Morgan fingerprint density at radius 3 is 2.52 bits per heavy atom. The third kappa shape index (κ3) is 2.86. The van der Waals surface area contributed by atoms with Crippen LogP contribution in [-0.4, -0.2) is 25.6 Å². The summed E-state index contributed by atoms with van der Waals surface area (Å²) in [6.45, 7) is 7.62. The molecule has 25 heavy (non-hydrogen) atoms. The zero-order chi connectivity index (χ0) is 18.3. The van der Waals surface area contributed by atoms with Gasteiger partial charge >= 0.3 is 5.69 Å². The summed E-state index contributed by atoms with van der Waals surface area (Å²) in [4.78, 5) is 33.1. The minimum atomic E-state index is -0.455. The van der Waals surface area contributed by atoms with Crippen LogP contribution in [0.3, 0.4) is 0 Å². The van der Waals surface area contributed by atoms with Gasteiger partial charge in [0.25, 0.3) is 5.56 Å². The molecular weight excluding hydrogens is 318 g/mol.